The first kappa shape index (κ1) is 39.8. The molecule has 2 saturated heterocycles. The van der Waals surface area contributed by atoms with Gasteiger partial charge >= 0.3 is 5.97 Å². The van der Waals surface area contributed by atoms with Crippen LogP contribution in [0.15, 0.2) is 42.5 Å². The zero-order valence-electron chi connectivity index (χ0n) is 35.3. The van der Waals surface area contributed by atoms with Gasteiger partial charge in [0.15, 0.2) is 0 Å². The molecule has 4 saturated carbocycles. The first-order chi connectivity index (χ1) is 26.2. The molecule has 9 atom stereocenters. The van der Waals surface area contributed by atoms with Gasteiger partial charge in [-0.2, -0.15) is 0 Å². The van der Waals surface area contributed by atoms with Gasteiger partial charge in [-0.1, -0.05) is 65.0 Å². The topological polar surface area (TPSA) is 65.5 Å². The minimum absolute atomic E-state index is 0.0243. The van der Waals surface area contributed by atoms with E-state index in [2.05, 4.69) is 74.5 Å². The van der Waals surface area contributed by atoms with Crippen molar-refractivity contribution in [3.63, 3.8) is 0 Å². The number of carboxylic acids is 1. The molecule has 5 aliphatic carbocycles. The molecule has 0 aromatic heterocycles. The minimum Gasteiger partial charge on any atom is -0.478 e. The number of hydrogen-bond acceptors (Lipinski definition) is 6. The third kappa shape index (κ3) is 6.53. The van der Waals surface area contributed by atoms with Gasteiger partial charge in [-0.05, 0) is 139 Å². The summed E-state index contributed by atoms with van der Waals surface area (Å²) in [6, 6.07) is 7.69. The van der Waals surface area contributed by atoms with Crippen LogP contribution in [0.5, 0.6) is 0 Å². The maximum atomic E-state index is 11.6. The monoisotopic (exact) mass is 756 g/mol. The lowest BCUT2D eigenvalue weighted by Gasteiger charge is -2.73. The van der Waals surface area contributed by atoms with E-state index in [0.717, 1.165) is 91.1 Å². The van der Waals surface area contributed by atoms with Crippen molar-refractivity contribution in [3.05, 3.63) is 53.6 Å². The number of carboxylic acid groups (broad SMARTS) is 1. The number of rotatable bonds is 10. The molecule has 0 bridgehead atoms. The van der Waals surface area contributed by atoms with Crippen LogP contribution in [0, 0.1) is 51.2 Å². The Bertz CT molecular complexity index is 1590. The quantitative estimate of drug-likeness (QED) is 0.240. The fourth-order valence-corrected chi connectivity index (χ4v) is 15.3. The molecule has 7 nitrogen and oxygen atoms in total. The first-order valence-electron chi connectivity index (χ1n) is 22.3. The van der Waals surface area contributed by atoms with Crippen molar-refractivity contribution >= 4 is 11.5 Å². The number of fused-ring (bicyclic) bond motifs is 7. The second kappa shape index (κ2) is 15.0. The molecule has 6 fully saturated rings. The zero-order valence-corrected chi connectivity index (χ0v) is 35.3. The predicted molar refractivity (Wildman–Crippen MR) is 222 cm³/mol. The molecule has 1 aromatic carbocycles. The molecule has 1 N–H and O–H groups in total. The van der Waals surface area contributed by atoms with E-state index in [0.29, 0.717) is 40.1 Å². The summed E-state index contributed by atoms with van der Waals surface area (Å²) in [4.78, 5) is 20.0. The third-order valence-electron chi connectivity index (χ3n) is 18.3. The molecule has 0 amide bonds. The molecular formula is C48H73N3O4. The van der Waals surface area contributed by atoms with E-state index < -0.39 is 5.97 Å². The van der Waals surface area contributed by atoms with Crippen molar-refractivity contribution in [1.29, 1.82) is 0 Å². The van der Waals surface area contributed by atoms with Crippen LogP contribution >= 0.6 is 0 Å². The van der Waals surface area contributed by atoms with E-state index in [-0.39, 0.29) is 16.4 Å². The Morgan fingerprint density at radius 2 is 1.42 bits per heavy atom. The minimum atomic E-state index is -0.854. The average molecular weight is 756 g/mol. The lowest BCUT2D eigenvalue weighted by molar-refractivity contribution is -0.228. The van der Waals surface area contributed by atoms with Crippen LogP contribution in [0.3, 0.4) is 0 Å². The molecule has 2 aliphatic heterocycles. The van der Waals surface area contributed by atoms with E-state index in [4.69, 9.17) is 16.1 Å². The van der Waals surface area contributed by atoms with Gasteiger partial charge in [0.25, 0.3) is 0 Å². The van der Waals surface area contributed by atoms with Crippen molar-refractivity contribution in [3.8, 4) is 0 Å². The molecule has 1 aromatic rings. The molecule has 8 rings (SSSR count). The molecule has 0 spiro atoms. The number of nitrogens with zero attached hydrogens (tertiary/aromatic N) is 3. The molecule has 7 aliphatic rings. The van der Waals surface area contributed by atoms with Gasteiger partial charge in [0.2, 0.25) is 0 Å². The van der Waals surface area contributed by atoms with Crippen molar-refractivity contribution in [2.75, 3.05) is 78.8 Å². The Kier molecular flexibility index (Phi) is 10.8. The van der Waals surface area contributed by atoms with Crippen LogP contribution < -0.4 is 0 Å². The maximum Gasteiger partial charge on any atom is 0.335 e. The highest BCUT2D eigenvalue weighted by Gasteiger charge is 2.71. The third-order valence-corrected chi connectivity index (χ3v) is 18.3. The molecule has 304 valence electrons. The number of hydrogen-bond donors (Lipinski definition) is 1. The molecule has 9 unspecified atom stereocenters. The summed E-state index contributed by atoms with van der Waals surface area (Å²) >= 11 is 0. The van der Waals surface area contributed by atoms with Crippen molar-refractivity contribution in [1.82, 2.24) is 14.7 Å². The highest BCUT2D eigenvalue weighted by molar-refractivity contribution is 5.88. The number of morpholine rings is 2. The number of aromatic carboxylic acids is 1. The lowest BCUT2D eigenvalue weighted by atomic mass is 9.33. The summed E-state index contributed by atoms with van der Waals surface area (Å²) in [7, 11) is 0. The summed E-state index contributed by atoms with van der Waals surface area (Å²) in [5.74, 6) is 2.44. The van der Waals surface area contributed by atoms with E-state index in [1.54, 1.807) is 12.1 Å². The average Bonchev–Trinajstić information content (AvgIpc) is 3.57. The fraction of sp³-hybridized carbons (Fsp3) is 0.771. The van der Waals surface area contributed by atoms with Gasteiger partial charge in [-0.15, -0.1) is 0 Å². The van der Waals surface area contributed by atoms with Crippen molar-refractivity contribution in [2.24, 2.45) is 51.2 Å². The van der Waals surface area contributed by atoms with Crippen LogP contribution in [0.4, 0.5) is 0 Å². The lowest BCUT2D eigenvalue weighted by Crippen LogP contribution is -2.69. The number of carbonyl (C=O) groups is 1. The predicted octanol–water partition coefficient (Wildman–Crippen LogP) is 8.75. The number of ether oxygens (including phenoxy) is 2. The summed E-state index contributed by atoms with van der Waals surface area (Å²) in [6.07, 6.45) is 14.3. The standard InChI is InChI=1S/C48H73N3O4/c1-34(2)37-14-19-48(51(24-22-49-26-30-54-31-27-49)25-23-50-28-32-55-33-29-50)21-20-46(6)39(42(37)48)12-13-41-45(5)17-15-38(35-8-10-36(11-9-35)43(52)53)44(3,4)40(45)16-18-47(41,46)7/h8-11,15,37,39-42H,1,12-14,16-33H2,2-7H3,(H,52,53). The van der Waals surface area contributed by atoms with Gasteiger partial charge in [0, 0.05) is 57.9 Å². The van der Waals surface area contributed by atoms with Crippen LogP contribution in [0.25, 0.3) is 5.57 Å². The molecule has 2 heterocycles. The Labute approximate surface area is 333 Å². The van der Waals surface area contributed by atoms with Gasteiger partial charge in [-0.3, -0.25) is 14.7 Å². The molecular weight excluding hydrogens is 683 g/mol. The van der Waals surface area contributed by atoms with E-state index >= 15 is 0 Å². The highest BCUT2D eigenvalue weighted by Crippen LogP contribution is 2.77. The Morgan fingerprint density at radius 3 is 2.00 bits per heavy atom. The highest BCUT2D eigenvalue weighted by atomic mass is 16.5. The smallest absolute Gasteiger partial charge is 0.335 e. The Hall–Kier alpha value is -2.03. The summed E-state index contributed by atoms with van der Waals surface area (Å²) < 4.78 is 11.5. The molecule has 0 radical (unpaired) electrons. The zero-order chi connectivity index (χ0) is 38.8. The first-order valence-corrected chi connectivity index (χ1v) is 22.3. The normalized spacial score (nSPS) is 40.4. The SMILES string of the molecule is C=C(C)C1CCC2(N(CCN3CCOCC3)CCN3CCOCC3)CCC3(C)C(CCC4C5(C)CC=C(c6ccc(C(=O)O)cc6)C(C)(C)C5CCC43C)C12. The fourth-order valence-electron chi connectivity index (χ4n) is 15.3. The van der Waals surface area contributed by atoms with Crippen molar-refractivity contribution in [2.45, 2.75) is 105 Å². The largest absolute Gasteiger partial charge is 0.478 e. The van der Waals surface area contributed by atoms with Gasteiger partial charge < -0.3 is 14.6 Å². The van der Waals surface area contributed by atoms with Gasteiger partial charge in [-0.25, -0.2) is 4.79 Å². The maximum absolute atomic E-state index is 11.6. The van der Waals surface area contributed by atoms with Crippen LogP contribution in [0.2, 0.25) is 0 Å². The second-order valence-corrected chi connectivity index (χ2v) is 20.6. The summed E-state index contributed by atoms with van der Waals surface area (Å²) in [6.45, 7) is 32.7. The second-order valence-electron chi connectivity index (χ2n) is 20.6. The summed E-state index contributed by atoms with van der Waals surface area (Å²) in [5.41, 5.74) is 5.53. The van der Waals surface area contributed by atoms with Gasteiger partial charge in [0.05, 0.1) is 32.0 Å². The van der Waals surface area contributed by atoms with Crippen LogP contribution in [0.1, 0.15) is 115 Å². The Balaban J connectivity index is 1.10. The molecule has 7 heteroatoms. The van der Waals surface area contributed by atoms with Gasteiger partial charge in [0.1, 0.15) is 0 Å². The number of benzene rings is 1. The van der Waals surface area contributed by atoms with Crippen molar-refractivity contribution < 1.29 is 19.4 Å². The van der Waals surface area contributed by atoms with E-state index in [1.165, 1.54) is 68.1 Å². The van der Waals surface area contributed by atoms with E-state index in [1.807, 2.05) is 0 Å². The summed E-state index contributed by atoms with van der Waals surface area (Å²) in [5, 5.41) is 9.56. The van der Waals surface area contributed by atoms with Crippen LogP contribution in [-0.4, -0.2) is 110 Å². The number of allylic oxidation sites excluding steroid dienone is 3. The van der Waals surface area contributed by atoms with E-state index in [9.17, 15) is 9.90 Å². The van der Waals surface area contributed by atoms with Crippen LogP contribution in [-0.2, 0) is 9.47 Å². The molecule has 55 heavy (non-hydrogen) atoms. The Morgan fingerprint density at radius 1 is 0.800 bits per heavy atom.